The van der Waals surface area contributed by atoms with Gasteiger partial charge in [0.2, 0.25) is 23.6 Å². The first kappa shape index (κ1) is 31.3. The number of primary amides is 1. The topological polar surface area (TPSA) is 125 Å². The number of likely N-dealkylation sites (N-methyl/N-ethyl adjacent to an activating group) is 1. The molecule has 42 heavy (non-hydrogen) atoms. The van der Waals surface area contributed by atoms with Crippen LogP contribution in [0.25, 0.3) is 0 Å². The first-order chi connectivity index (χ1) is 19.7. The minimum absolute atomic E-state index is 0.0362. The smallest absolute Gasteiger partial charge is 0.246 e. The van der Waals surface area contributed by atoms with Crippen LogP contribution in [-0.4, -0.2) is 77.2 Å². The Bertz CT molecular complexity index is 1090. The number of fused-ring (bicyclic) bond motifs is 1. The summed E-state index contributed by atoms with van der Waals surface area (Å²) in [6.45, 7) is 14.7. The van der Waals surface area contributed by atoms with E-state index in [1.165, 1.54) is 6.42 Å². The lowest BCUT2D eigenvalue weighted by Gasteiger charge is -2.38. The lowest BCUT2D eigenvalue weighted by Crippen LogP contribution is -2.62. The van der Waals surface area contributed by atoms with Crippen LogP contribution in [0.5, 0.6) is 0 Å². The zero-order valence-electron chi connectivity index (χ0n) is 26.9. The number of carbonyl (C=O) groups excluding carboxylic acids is 4. The highest BCUT2D eigenvalue weighted by atomic mass is 16.2. The molecular formula is C33H55N5O4. The van der Waals surface area contributed by atoms with Gasteiger partial charge in [-0.3, -0.25) is 24.1 Å². The van der Waals surface area contributed by atoms with Gasteiger partial charge in [0.25, 0.3) is 0 Å². The summed E-state index contributed by atoms with van der Waals surface area (Å²) in [6.07, 6.45) is 10.8. The summed E-state index contributed by atoms with van der Waals surface area (Å²) in [5.41, 5.74) is 5.44. The van der Waals surface area contributed by atoms with E-state index in [0.29, 0.717) is 13.0 Å². The van der Waals surface area contributed by atoms with Gasteiger partial charge in [0.1, 0.15) is 18.1 Å². The number of hydrogen-bond acceptors (Lipinski definition) is 5. The van der Waals surface area contributed by atoms with Crippen LogP contribution in [0.3, 0.4) is 0 Å². The highest BCUT2D eigenvalue weighted by Gasteiger charge is 2.85. The molecule has 2 aliphatic heterocycles. The van der Waals surface area contributed by atoms with Crippen molar-refractivity contribution in [1.29, 1.82) is 0 Å². The van der Waals surface area contributed by atoms with Gasteiger partial charge in [0.15, 0.2) is 0 Å². The maximum Gasteiger partial charge on any atom is 0.246 e. The normalized spacial score (nSPS) is 31.9. The molecule has 3 saturated carbocycles. The SMILES string of the molecule is CCN1CCC[C@H]1C(=O)NC(C(=O)N[C@H](C(=O)N1C[C@]2(C[C@H]1C(N)=O)C(C)(C)C21CCC1)C(C)(C)C)C1CCCCC1. The summed E-state index contributed by atoms with van der Waals surface area (Å²) in [7, 11) is 0. The van der Waals surface area contributed by atoms with Gasteiger partial charge >= 0.3 is 0 Å². The van der Waals surface area contributed by atoms with Crippen molar-refractivity contribution < 1.29 is 19.2 Å². The van der Waals surface area contributed by atoms with Gasteiger partial charge in [-0.15, -0.1) is 0 Å². The van der Waals surface area contributed by atoms with Crippen molar-refractivity contribution in [3.8, 4) is 0 Å². The molecule has 0 aromatic rings. The number of nitrogens with zero attached hydrogens (tertiary/aromatic N) is 2. The molecule has 5 rings (SSSR count). The van der Waals surface area contributed by atoms with E-state index >= 15 is 0 Å². The third-order valence-corrected chi connectivity index (χ3v) is 12.6. The Kier molecular flexibility index (Phi) is 8.25. The Morgan fingerprint density at radius 3 is 2.10 bits per heavy atom. The van der Waals surface area contributed by atoms with E-state index in [9.17, 15) is 19.2 Å². The molecular weight excluding hydrogens is 530 g/mol. The van der Waals surface area contributed by atoms with Crippen LogP contribution < -0.4 is 16.4 Å². The summed E-state index contributed by atoms with van der Waals surface area (Å²) >= 11 is 0. The Balaban J connectivity index is 1.37. The van der Waals surface area contributed by atoms with Gasteiger partial charge in [0, 0.05) is 12.0 Å². The maximum absolute atomic E-state index is 14.4. The van der Waals surface area contributed by atoms with Crippen LogP contribution in [0.1, 0.15) is 112 Å². The van der Waals surface area contributed by atoms with E-state index in [-0.39, 0.29) is 45.9 Å². The minimum Gasteiger partial charge on any atom is -0.368 e. The van der Waals surface area contributed by atoms with Crippen LogP contribution in [-0.2, 0) is 19.2 Å². The molecule has 4 amide bonds. The average Bonchev–Trinajstić information content (AvgIpc) is 3.35. The van der Waals surface area contributed by atoms with Gasteiger partial charge in [-0.25, -0.2) is 0 Å². The fourth-order valence-electron chi connectivity index (χ4n) is 9.75. The number of nitrogens with two attached hydrogens (primary N) is 1. The lowest BCUT2D eigenvalue weighted by atomic mass is 9.73. The molecule has 0 aromatic heterocycles. The fraction of sp³-hybridized carbons (Fsp3) is 0.879. The van der Waals surface area contributed by atoms with E-state index in [0.717, 1.165) is 70.9 Å². The molecule has 3 aliphatic carbocycles. The summed E-state index contributed by atoms with van der Waals surface area (Å²) in [6, 6.07) is -2.42. The fourth-order valence-corrected chi connectivity index (χ4v) is 9.75. The summed E-state index contributed by atoms with van der Waals surface area (Å²) < 4.78 is 0. The zero-order valence-corrected chi connectivity index (χ0v) is 26.9. The van der Waals surface area contributed by atoms with Gasteiger partial charge in [0.05, 0.1) is 6.04 Å². The molecule has 0 bridgehead atoms. The van der Waals surface area contributed by atoms with E-state index < -0.39 is 29.4 Å². The quantitative estimate of drug-likeness (QED) is 0.403. The molecule has 2 saturated heterocycles. The highest BCUT2D eigenvalue weighted by molar-refractivity contribution is 5.95. The van der Waals surface area contributed by atoms with E-state index in [1.807, 2.05) is 20.8 Å². The summed E-state index contributed by atoms with van der Waals surface area (Å²) in [5.74, 6) is -1.06. The minimum atomic E-state index is -0.845. The Labute approximate surface area is 252 Å². The predicted octanol–water partition coefficient (Wildman–Crippen LogP) is 3.35. The third-order valence-electron chi connectivity index (χ3n) is 12.6. The first-order valence-electron chi connectivity index (χ1n) is 16.7. The van der Waals surface area contributed by atoms with Crippen molar-refractivity contribution in [3.63, 3.8) is 0 Å². The van der Waals surface area contributed by atoms with Crippen LogP contribution >= 0.6 is 0 Å². The van der Waals surface area contributed by atoms with E-state index in [1.54, 1.807) is 4.90 Å². The molecule has 0 aromatic carbocycles. The van der Waals surface area contributed by atoms with Crippen molar-refractivity contribution in [2.45, 2.75) is 136 Å². The molecule has 9 heteroatoms. The van der Waals surface area contributed by atoms with Crippen molar-refractivity contribution in [1.82, 2.24) is 20.4 Å². The molecule has 2 heterocycles. The van der Waals surface area contributed by atoms with Crippen LogP contribution in [0.2, 0.25) is 0 Å². The van der Waals surface area contributed by atoms with Gasteiger partial charge in [-0.05, 0) is 80.2 Å². The van der Waals surface area contributed by atoms with Gasteiger partial charge in [-0.2, -0.15) is 0 Å². The summed E-state index contributed by atoms with van der Waals surface area (Å²) in [5, 5.41) is 6.27. The molecule has 5 aliphatic rings. The first-order valence-corrected chi connectivity index (χ1v) is 16.7. The Hall–Kier alpha value is -2.16. The number of rotatable bonds is 8. The number of amides is 4. The zero-order chi connectivity index (χ0) is 30.7. The monoisotopic (exact) mass is 585 g/mol. The second-order valence-corrected chi connectivity index (χ2v) is 15.7. The lowest BCUT2D eigenvalue weighted by molar-refractivity contribution is -0.144. The van der Waals surface area contributed by atoms with Crippen molar-refractivity contribution in [2.24, 2.45) is 33.3 Å². The second kappa shape index (κ2) is 11.1. The number of likely N-dealkylation sites (tertiary alicyclic amines) is 2. The van der Waals surface area contributed by atoms with Gasteiger partial charge in [-0.1, -0.05) is 67.2 Å². The number of carbonyl (C=O) groups is 4. The van der Waals surface area contributed by atoms with Crippen molar-refractivity contribution in [3.05, 3.63) is 0 Å². The van der Waals surface area contributed by atoms with Crippen molar-refractivity contribution >= 4 is 23.6 Å². The average molecular weight is 586 g/mol. The largest absolute Gasteiger partial charge is 0.368 e. The predicted molar refractivity (Wildman–Crippen MR) is 162 cm³/mol. The molecule has 5 fully saturated rings. The van der Waals surface area contributed by atoms with E-state index in [4.69, 9.17) is 5.73 Å². The van der Waals surface area contributed by atoms with Crippen LogP contribution in [0, 0.1) is 27.6 Å². The Morgan fingerprint density at radius 2 is 1.57 bits per heavy atom. The molecule has 9 nitrogen and oxygen atoms in total. The molecule has 2 spiro atoms. The second-order valence-electron chi connectivity index (χ2n) is 15.7. The molecule has 5 atom stereocenters. The van der Waals surface area contributed by atoms with Crippen molar-refractivity contribution in [2.75, 3.05) is 19.6 Å². The number of hydrogen-bond donors (Lipinski definition) is 3. The molecule has 236 valence electrons. The molecule has 1 unspecified atom stereocenters. The van der Waals surface area contributed by atoms with Gasteiger partial charge < -0.3 is 21.3 Å². The van der Waals surface area contributed by atoms with Crippen LogP contribution in [0.4, 0.5) is 0 Å². The van der Waals surface area contributed by atoms with E-state index in [2.05, 4.69) is 36.3 Å². The standard InChI is InChI=1S/C33H55N5O4/c1-7-37-18-11-15-22(37)27(40)35-24(21-13-9-8-10-14-21)28(41)36-25(30(2,3)4)29(42)38-20-33(19-23(38)26(34)39)31(5,6)32(33)16-12-17-32/h21-25H,7-20H2,1-6H3,(H2,34,39)(H,35,40)(H,36,41)/t22-,23-,24?,25+,33+/m0/s1. The maximum atomic E-state index is 14.4. The summed E-state index contributed by atoms with van der Waals surface area (Å²) in [4.78, 5) is 58.7. The Morgan fingerprint density at radius 1 is 0.905 bits per heavy atom. The molecule has 0 radical (unpaired) electrons. The van der Waals surface area contributed by atoms with Crippen LogP contribution in [0.15, 0.2) is 0 Å². The highest BCUT2D eigenvalue weighted by Crippen LogP contribution is 2.88. The molecule has 4 N–H and O–H groups in total. The third kappa shape index (κ3) is 4.86. The number of nitrogens with one attached hydrogen (secondary N) is 2.